The monoisotopic (exact) mass is 243 g/mol. The Balaban J connectivity index is 2.34. The van der Waals surface area contributed by atoms with Crippen LogP contribution in [0.3, 0.4) is 0 Å². The molecule has 0 N–H and O–H groups in total. The lowest BCUT2D eigenvalue weighted by Gasteiger charge is -2.03. The van der Waals surface area contributed by atoms with Crippen LogP contribution in [0.1, 0.15) is 10.5 Å². The number of nitrogens with zero attached hydrogens (tertiary/aromatic N) is 1. The van der Waals surface area contributed by atoms with Crippen LogP contribution in [0.5, 0.6) is 0 Å². The first-order valence-corrected chi connectivity index (χ1v) is 5.54. The number of aromatic nitrogens is 1. The van der Waals surface area contributed by atoms with Crippen molar-refractivity contribution in [3.8, 4) is 0 Å². The Bertz CT molecular complexity index is 611. The molecule has 1 heterocycles. The molecule has 1 aromatic carbocycles. The number of methoxy groups -OCH3 is 1. The number of aldehydes is 1. The smallest absolute Gasteiger partial charge is 0.330 e. The maximum atomic E-state index is 11.0. The van der Waals surface area contributed by atoms with Gasteiger partial charge in [0.15, 0.2) is 6.29 Å². The molecule has 0 aliphatic carbocycles. The van der Waals surface area contributed by atoms with Gasteiger partial charge < -0.3 is 9.30 Å². The Kier molecular flexibility index (Phi) is 3.57. The highest BCUT2D eigenvalue weighted by Gasteiger charge is 2.05. The summed E-state index contributed by atoms with van der Waals surface area (Å²) in [5.41, 5.74) is 1.56. The molecule has 2 rings (SSSR count). The number of carbonyl (C=O) groups excluding carboxylic acids is 2. The first-order valence-electron chi connectivity index (χ1n) is 5.54. The second-order valence-corrected chi connectivity index (χ2v) is 3.78. The number of esters is 1. The van der Waals surface area contributed by atoms with Crippen molar-refractivity contribution in [3.05, 3.63) is 48.2 Å². The van der Waals surface area contributed by atoms with Crippen LogP contribution < -0.4 is 0 Å². The van der Waals surface area contributed by atoms with Gasteiger partial charge in [-0.05, 0) is 12.1 Å². The molecule has 0 aliphatic heterocycles. The predicted molar refractivity (Wildman–Crippen MR) is 68.5 cm³/mol. The molecule has 0 saturated heterocycles. The maximum absolute atomic E-state index is 11.0. The van der Waals surface area contributed by atoms with Gasteiger partial charge in [-0.2, -0.15) is 0 Å². The number of allylic oxidation sites excluding steroid dienone is 1. The molecule has 0 amide bonds. The molecule has 0 aliphatic rings. The molecular weight excluding hydrogens is 230 g/mol. The molecule has 18 heavy (non-hydrogen) atoms. The Morgan fingerprint density at radius 1 is 1.39 bits per heavy atom. The number of benzene rings is 1. The van der Waals surface area contributed by atoms with Gasteiger partial charge in [0, 0.05) is 23.5 Å². The quantitative estimate of drug-likeness (QED) is 0.470. The molecule has 92 valence electrons. The topological polar surface area (TPSA) is 48.3 Å². The van der Waals surface area contributed by atoms with Crippen molar-refractivity contribution >= 4 is 23.2 Å². The van der Waals surface area contributed by atoms with Crippen LogP contribution in [-0.2, 0) is 16.1 Å². The molecule has 0 fully saturated rings. The molecule has 0 spiro atoms. The van der Waals surface area contributed by atoms with E-state index >= 15 is 0 Å². The SMILES string of the molecule is COC(=O)/C=C/Cn1c(C=O)cc2ccccc21. The van der Waals surface area contributed by atoms with E-state index < -0.39 is 5.97 Å². The first-order chi connectivity index (χ1) is 8.76. The summed E-state index contributed by atoms with van der Waals surface area (Å²) in [4.78, 5) is 22.0. The third kappa shape index (κ3) is 2.32. The minimum Gasteiger partial charge on any atom is -0.466 e. The van der Waals surface area contributed by atoms with Crippen molar-refractivity contribution in [2.45, 2.75) is 6.54 Å². The van der Waals surface area contributed by atoms with Crippen LogP contribution in [0.15, 0.2) is 42.5 Å². The molecule has 0 bridgehead atoms. The predicted octanol–water partition coefficient (Wildman–Crippen LogP) is 2.18. The molecule has 1 aromatic heterocycles. The van der Waals surface area contributed by atoms with Crippen LogP contribution in [0.4, 0.5) is 0 Å². The van der Waals surface area contributed by atoms with Crippen molar-refractivity contribution < 1.29 is 14.3 Å². The van der Waals surface area contributed by atoms with Gasteiger partial charge in [0.1, 0.15) is 0 Å². The largest absolute Gasteiger partial charge is 0.466 e. The second kappa shape index (κ2) is 5.31. The van der Waals surface area contributed by atoms with Crippen molar-refractivity contribution in [1.82, 2.24) is 4.57 Å². The average molecular weight is 243 g/mol. The van der Waals surface area contributed by atoms with Gasteiger partial charge in [-0.25, -0.2) is 4.79 Å². The lowest BCUT2D eigenvalue weighted by molar-refractivity contribution is -0.134. The number of fused-ring (bicyclic) bond motifs is 1. The van der Waals surface area contributed by atoms with E-state index in [-0.39, 0.29) is 0 Å². The van der Waals surface area contributed by atoms with Crippen LogP contribution in [-0.4, -0.2) is 23.9 Å². The van der Waals surface area contributed by atoms with E-state index in [4.69, 9.17) is 0 Å². The number of hydrogen-bond donors (Lipinski definition) is 0. The average Bonchev–Trinajstić information content (AvgIpc) is 2.77. The van der Waals surface area contributed by atoms with Gasteiger partial charge in [0.05, 0.1) is 12.8 Å². The Hall–Kier alpha value is -2.36. The van der Waals surface area contributed by atoms with Gasteiger partial charge >= 0.3 is 5.97 Å². The highest BCUT2D eigenvalue weighted by Crippen LogP contribution is 2.18. The number of rotatable bonds is 4. The van der Waals surface area contributed by atoms with Gasteiger partial charge in [0.2, 0.25) is 0 Å². The van der Waals surface area contributed by atoms with E-state index in [1.54, 1.807) is 6.08 Å². The Morgan fingerprint density at radius 2 is 2.17 bits per heavy atom. The van der Waals surface area contributed by atoms with E-state index in [0.29, 0.717) is 12.2 Å². The fourth-order valence-corrected chi connectivity index (χ4v) is 1.86. The molecular formula is C14H13NO3. The summed E-state index contributed by atoms with van der Waals surface area (Å²) in [6, 6.07) is 9.55. The van der Waals surface area contributed by atoms with Crippen LogP contribution in [0.2, 0.25) is 0 Å². The zero-order chi connectivity index (χ0) is 13.0. The first kappa shape index (κ1) is 12.1. The Morgan fingerprint density at radius 3 is 2.89 bits per heavy atom. The van der Waals surface area contributed by atoms with E-state index in [2.05, 4.69) is 4.74 Å². The van der Waals surface area contributed by atoms with E-state index in [0.717, 1.165) is 17.2 Å². The number of carbonyl (C=O) groups is 2. The second-order valence-electron chi connectivity index (χ2n) is 3.78. The minimum atomic E-state index is -0.404. The van der Waals surface area contributed by atoms with Gasteiger partial charge in [-0.3, -0.25) is 4.79 Å². The van der Waals surface area contributed by atoms with Crippen molar-refractivity contribution in [1.29, 1.82) is 0 Å². The number of hydrogen-bond acceptors (Lipinski definition) is 3. The third-order valence-corrected chi connectivity index (χ3v) is 2.71. The van der Waals surface area contributed by atoms with E-state index in [1.165, 1.54) is 13.2 Å². The summed E-state index contributed by atoms with van der Waals surface area (Å²) in [7, 11) is 1.33. The molecule has 0 atom stereocenters. The fraction of sp³-hybridized carbons (Fsp3) is 0.143. The minimum absolute atomic E-state index is 0.404. The van der Waals surface area contributed by atoms with E-state index in [9.17, 15) is 9.59 Å². The van der Waals surface area contributed by atoms with Crippen molar-refractivity contribution in [3.63, 3.8) is 0 Å². The summed E-state index contributed by atoms with van der Waals surface area (Å²) in [5, 5.41) is 1.01. The highest BCUT2D eigenvalue weighted by molar-refractivity contribution is 5.89. The zero-order valence-electron chi connectivity index (χ0n) is 10.00. The molecule has 2 aromatic rings. The Labute approximate surface area is 104 Å². The molecule has 0 saturated carbocycles. The summed E-state index contributed by atoms with van der Waals surface area (Å²) in [6.07, 6.45) is 3.83. The summed E-state index contributed by atoms with van der Waals surface area (Å²) in [5.74, 6) is -0.404. The maximum Gasteiger partial charge on any atom is 0.330 e. The van der Waals surface area contributed by atoms with Gasteiger partial charge in [-0.1, -0.05) is 24.3 Å². The number of para-hydroxylation sites is 1. The van der Waals surface area contributed by atoms with Gasteiger partial charge in [-0.15, -0.1) is 0 Å². The van der Waals surface area contributed by atoms with Crippen molar-refractivity contribution in [2.75, 3.05) is 7.11 Å². The summed E-state index contributed by atoms with van der Waals surface area (Å²) in [6.45, 7) is 0.455. The lowest BCUT2D eigenvalue weighted by Crippen LogP contribution is -2.01. The summed E-state index contributed by atoms with van der Waals surface area (Å²) < 4.78 is 6.36. The summed E-state index contributed by atoms with van der Waals surface area (Å²) >= 11 is 0. The normalized spacial score (nSPS) is 10.9. The molecule has 0 unspecified atom stereocenters. The van der Waals surface area contributed by atoms with Crippen molar-refractivity contribution in [2.24, 2.45) is 0 Å². The fourth-order valence-electron chi connectivity index (χ4n) is 1.86. The van der Waals surface area contributed by atoms with Gasteiger partial charge in [0.25, 0.3) is 0 Å². The third-order valence-electron chi connectivity index (χ3n) is 2.71. The highest BCUT2D eigenvalue weighted by atomic mass is 16.5. The van der Waals surface area contributed by atoms with Crippen LogP contribution >= 0.6 is 0 Å². The van der Waals surface area contributed by atoms with Crippen LogP contribution in [0, 0.1) is 0 Å². The van der Waals surface area contributed by atoms with E-state index in [1.807, 2.05) is 34.9 Å². The molecule has 4 nitrogen and oxygen atoms in total. The molecule has 0 radical (unpaired) electrons. The molecule has 4 heteroatoms. The number of ether oxygens (including phenoxy) is 1. The zero-order valence-corrected chi connectivity index (χ0v) is 10.00. The standard InChI is InChI=1S/C14H13NO3/c1-18-14(17)7-4-8-15-12(10-16)9-11-5-2-3-6-13(11)15/h2-7,9-10H,8H2,1H3/b7-4+. The van der Waals surface area contributed by atoms with Crippen LogP contribution in [0.25, 0.3) is 10.9 Å². The lowest BCUT2D eigenvalue weighted by atomic mass is 10.2.